The van der Waals surface area contributed by atoms with Crippen molar-refractivity contribution in [2.75, 3.05) is 6.54 Å². The maximum absolute atomic E-state index is 12.3. The molecular formula is C17H25BrN2O. The summed E-state index contributed by atoms with van der Waals surface area (Å²) in [7, 11) is 0. The Morgan fingerprint density at radius 1 is 1.33 bits per heavy atom. The van der Waals surface area contributed by atoms with Crippen LogP contribution in [0.25, 0.3) is 0 Å². The SMILES string of the molecule is CC(CC(=O)NC1CCCCC1CN)c1ccc(Br)cc1. The van der Waals surface area contributed by atoms with E-state index in [4.69, 9.17) is 5.73 Å². The van der Waals surface area contributed by atoms with Crippen LogP contribution in [0.1, 0.15) is 50.5 Å². The predicted molar refractivity (Wildman–Crippen MR) is 90.1 cm³/mol. The number of hydrogen-bond donors (Lipinski definition) is 2. The van der Waals surface area contributed by atoms with Crippen molar-refractivity contribution in [1.29, 1.82) is 0 Å². The predicted octanol–water partition coefficient (Wildman–Crippen LogP) is 3.58. The van der Waals surface area contributed by atoms with Crippen molar-refractivity contribution in [3.05, 3.63) is 34.3 Å². The number of halogens is 1. The van der Waals surface area contributed by atoms with E-state index in [0.29, 0.717) is 18.9 Å². The van der Waals surface area contributed by atoms with E-state index < -0.39 is 0 Å². The van der Waals surface area contributed by atoms with Crippen LogP contribution in [0.5, 0.6) is 0 Å². The number of nitrogens with two attached hydrogens (primary N) is 1. The summed E-state index contributed by atoms with van der Waals surface area (Å²) in [4.78, 5) is 12.3. The lowest BCUT2D eigenvalue weighted by molar-refractivity contribution is -0.122. The number of carbonyl (C=O) groups is 1. The van der Waals surface area contributed by atoms with Gasteiger partial charge < -0.3 is 11.1 Å². The molecule has 1 aromatic carbocycles. The molecule has 3 unspecified atom stereocenters. The number of nitrogens with one attached hydrogen (secondary N) is 1. The van der Waals surface area contributed by atoms with E-state index in [1.807, 2.05) is 12.1 Å². The zero-order valence-corrected chi connectivity index (χ0v) is 14.2. The summed E-state index contributed by atoms with van der Waals surface area (Å²) in [5, 5.41) is 3.20. The average Bonchev–Trinajstić information content (AvgIpc) is 2.48. The molecule has 4 heteroatoms. The van der Waals surface area contributed by atoms with Gasteiger partial charge in [0.25, 0.3) is 0 Å². The molecule has 0 heterocycles. The number of carbonyl (C=O) groups excluding carboxylic acids is 1. The molecule has 1 aliphatic rings. The van der Waals surface area contributed by atoms with Crippen LogP contribution in [0.4, 0.5) is 0 Å². The second-order valence-corrected chi connectivity index (χ2v) is 7.03. The lowest BCUT2D eigenvalue weighted by atomic mass is 9.84. The molecule has 3 atom stereocenters. The third-order valence-electron chi connectivity index (χ3n) is 4.49. The minimum Gasteiger partial charge on any atom is -0.353 e. The molecule has 2 rings (SSSR count). The van der Waals surface area contributed by atoms with E-state index in [1.165, 1.54) is 18.4 Å². The third kappa shape index (κ3) is 4.82. The summed E-state index contributed by atoms with van der Waals surface area (Å²) in [6, 6.07) is 8.47. The van der Waals surface area contributed by atoms with Crippen LogP contribution in [-0.4, -0.2) is 18.5 Å². The summed E-state index contributed by atoms with van der Waals surface area (Å²) < 4.78 is 1.07. The quantitative estimate of drug-likeness (QED) is 0.850. The first-order valence-electron chi connectivity index (χ1n) is 7.85. The normalized spacial score (nSPS) is 23.6. The van der Waals surface area contributed by atoms with Crippen molar-refractivity contribution < 1.29 is 4.79 Å². The zero-order chi connectivity index (χ0) is 15.2. The fourth-order valence-electron chi connectivity index (χ4n) is 3.13. The van der Waals surface area contributed by atoms with E-state index in [-0.39, 0.29) is 17.9 Å². The molecule has 0 bridgehead atoms. The van der Waals surface area contributed by atoms with Gasteiger partial charge in [-0.15, -0.1) is 0 Å². The maximum atomic E-state index is 12.3. The second-order valence-electron chi connectivity index (χ2n) is 6.11. The Labute approximate surface area is 135 Å². The highest BCUT2D eigenvalue weighted by atomic mass is 79.9. The second kappa shape index (κ2) is 7.95. The van der Waals surface area contributed by atoms with Gasteiger partial charge in [-0.05, 0) is 48.9 Å². The number of hydrogen-bond acceptors (Lipinski definition) is 2. The van der Waals surface area contributed by atoms with Crippen molar-refractivity contribution >= 4 is 21.8 Å². The molecule has 1 saturated carbocycles. The van der Waals surface area contributed by atoms with E-state index in [2.05, 4.69) is 40.3 Å². The van der Waals surface area contributed by atoms with E-state index >= 15 is 0 Å². The Morgan fingerprint density at radius 2 is 2.00 bits per heavy atom. The summed E-state index contributed by atoms with van der Waals surface area (Å²) in [6.07, 6.45) is 5.19. The van der Waals surface area contributed by atoms with Crippen LogP contribution in [0.15, 0.2) is 28.7 Å². The Bertz CT molecular complexity index is 460. The molecule has 3 N–H and O–H groups in total. The third-order valence-corrected chi connectivity index (χ3v) is 5.02. The largest absolute Gasteiger partial charge is 0.353 e. The average molecular weight is 353 g/mol. The van der Waals surface area contributed by atoms with E-state index in [9.17, 15) is 4.79 Å². The van der Waals surface area contributed by atoms with Crippen molar-refractivity contribution in [2.24, 2.45) is 11.7 Å². The molecule has 0 aromatic heterocycles. The van der Waals surface area contributed by atoms with Gasteiger partial charge in [0.1, 0.15) is 0 Å². The first-order valence-corrected chi connectivity index (χ1v) is 8.64. The van der Waals surface area contributed by atoms with Crippen LogP contribution in [-0.2, 0) is 4.79 Å². The van der Waals surface area contributed by atoms with Gasteiger partial charge in [-0.25, -0.2) is 0 Å². The van der Waals surface area contributed by atoms with Crippen LogP contribution in [0, 0.1) is 5.92 Å². The van der Waals surface area contributed by atoms with Crippen molar-refractivity contribution in [3.63, 3.8) is 0 Å². The zero-order valence-electron chi connectivity index (χ0n) is 12.6. The molecule has 0 aliphatic heterocycles. The maximum Gasteiger partial charge on any atom is 0.220 e. The summed E-state index contributed by atoms with van der Waals surface area (Å²) in [5.41, 5.74) is 7.02. The van der Waals surface area contributed by atoms with Crippen molar-refractivity contribution in [1.82, 2.24) is 5.32 Å². The summed E-state index contributed by atoms with van der Waals surface area (Å²) in [6.45, 7) is 2.78. The fraction of sp³-hybridized carbons (Fsp3) is 0.588. The van der Waals surface area contributed by atoms with E-state index in [1.54, 1.807) is 0 Å². The monoisotopic (exact) mass is 352 g/mol. The van der Waals surface area contributed by atoms with Crippen molar-refractivity contribution in [3.8, 4) is 0 Å². The highest BCUT2D eigenvalue weighted by Crippen LogP contribution is 2.25. The fourth-order valence-corrected chi connectivity index (χ4v) is 3.40. The van der Waals surface area contributed by atoms with Gasteiger partial charge in [-0.3, -0.25) is 4.79 Å². The highest BCUT2D eigenvalue weighted by molar-refractivity contribution is 9.10. The molecule has 1 aromatic rings. The Hall–Kier alpha value is -0.870. The van der Waals surface area contributed by atoms with Gasteiger partial charge in [0.05, 0.1) is 0 Å². The molecule has 21 heavy (non-hydrogen) atoms. The number of benzene rings is 1. The minimum atomic E-state index is 0.149. The molecule has 0 saturated heterocycles. The highest BCUT2D eigenvalue weighted by Gasteiger charge is 2.25. The molecule has 0 radical (unpaired) electrons. The van der Waals surface area contributed by atoms with Gasteiger partial charge in [0.2, 0.25) is 5.91 Å². The van der Waals surface area contributed by atoms with Gasteiger partial charge in [0, 0.05) is 16.9 Å². The van der Waals surface area contributed by atoms with Gasteiger partial charge in [-0.1, -0.05) is 47.8 Å². The van der Waals surface area contributed by atoms with Gasteiger partial charge in [0.15, 0.2) is 0 Å². The van der Waals surface area contributed by atoms with Gasteiger partial charge in [-0.2, -0.15) is 0 Å². The Kier molecular flexibility index (Phi) is 6.24. The Morgan fingerprint density at radius 3 is 2.67 bits per heavy atom. The lowest BCUT2D eigenvalue weighted by Crippen LogP contribution is -2.44. The molecule has 1 aliphatic carbocycles. The molecule has 116 valence electrons. The minimum absolute atomic E-state index is 0.149. The van der Waals surface area contributed by atoms with Gasteiger partial charge >= 0.3 is 0 Å². The van der Waals surface area contributed by atoms with Crippen molar-refractivity contribution in [2.45, 2.75) is 51.0 Å². The number of amides is 1. The first kappa shape index (κ1) is 16.5. The van der Waals surface area contributed by atoms with Crippen LogP contribution in [0.2, 0.25) is 0 Å². The van der Waals surface area contributed by atoms with Crippen LogP contribution < -0.4 is 11.1 Å². The number of rotatable bonds is 5. The molecule has 1 amide bonds. The topological polar surface area (TPSA) is 55.1 Å². The smallest absolute Gasteiger partial charge is 0.220 e. The standard InChI is InChI=1S/C17H25BrN2O/c1-12(13-6-8-15(18)9-7-13)10-17(21)20-16-5-3-2-4-14(16)11-19/h6-9,12,14,16H,2-5,10-11,19H2,1H3,(H,20,21). The van der Waals surface area contributed by atoms with Crippen LogP contribution >= 0.6 is 15.9 Å². The summed E-state index contributed by atoms with van der Waals surface area (Å²) in [5.74, 6) is 0.833. The first-order chi connectivity index (χ1) is 10.1. The van der Waals surface area contributed by atoms with E-state index in [0.717, 1.165) is 17.3 Å². The molecule has 3 nitrogen and oxygen atoms in total. The molecule has 1 fully saturated rings. The molecular weight excluding hydrogens is 328 g/mol. The Balaban J connectivity index is 1.87. The lowest BCUT2D eigenvalue weighted by Gasteiger charge is -2.31. The van der Waals surface area contributed by atoms with Crippen LogP contribution in [0.3, 0.4) is 0 Å². The molecule has 0 spiro atoms. The summed E-state index contributed by atoms with van der Waals surface area (Å²) >= 11 is 3.43.